The monoisotopic (exact) mass is 223 g/mol. The molecule has 0 bridgehead atoms. The van der Waals surface area contributed by atoms with E-state index in [1.165, 1.54) is 0 Å². The molecule has 1 heterocycles. The van der Waals surface area contributed by atoms with Gasteiger partial charge in [-0.15, -0.1) is 0 Å². The second kappa shape index (κ2) is 5.07. The van der Waals surface area contributed by atoms with Crippen molar-refractivity contribution in [3.63, 3.8) is 0 Å². The van der Waals surface area contributed by atoms with Crippen molar-refractivity contribution < 1.29 is 14.6 Å². The molecular formula is C12H17NO3. The average Bonchev–Trinajstić information content (AvgIpc) is 2.25. The summed E-state index contributed by atoms with van der Waals surface area (Å²) in [6, 6.07) is 3.47. The van der Waals surface area contributed by atoms with Gasteiger partial charge in [0.15, 0.2) is 0 Å². The zero-order valence-electron chi connectivity index (χ0n) is 9.80. The third kappa shape index (κ3) is 3.62. The van der Waals surface area contributed by atoms with Gasteiger partial charge in [-0.25, -0.2) is 0 Å². The molecule has 4 heteroatoms. The molecule has 1 aromatic heterocycles. The van der Waals surface area contributed by atoms with Crippen LogP contribution in [0.2, 0.25) is 0 Å². The van der Waals surface area contributed by atoms with Crippen LogP contribution in [0.1, 0.15) is 32.4 Å². The second-order valence-corrected chi connectivity index (χ2v) is 4.65. The van der Waals surface area contributed by atoms with Crippen molar-refractivity contribution in [3.8, 4) is 0 Å². The van der Waals surface area contributed by atoms with Crippen molar-refractivity contribution in [3.05, 3.63) is 30.1 Å². The fourth-order valence-corrected chi connectivity index (χ4v) is 1.04. The lowest BCUT2D eigenvalue weighted by atomic mass is 9.97. The SMILES string of the molecule is CC(C)(C)C(=O)OC[C@H](O)c1cccnc1. The first-order valence-electron chi connectivity index (χ1n) is 5.16. The molecule has 4 nitrogen and oxygen atoms in total. The molecule has 0 amide bonds. The molecule has 0 unspecified atom stereocenters. The zero-order chi connectivity index (χ0) is 12.2. The Morgan fingerprint density at radius 2 is 2.25 bits per heavy atom. The lowest BCUT2D eigenvalue weighted by Crippen LogP contribution is -2.25. The smallest absolute Gasteiger partial charge is 0.311 e. The molecular weight excluding hydrogens is 206 g/mol. The fourth-order valence-electron chi connectivity index (χ4n) is 1.04. The molecule has 0 radical (unpaired) electrons. The predicted octanol–water partition coefficient (Wildman–Crippen LogP) is 1.70. The van der Waals surface area contributed by atoms with E-state index in [-0.39, 0.29) is 12.6 Å². The lowest BCUT2D eigenvalue weighted by Gasteiger charge is -2.18. The van der Waals surface area contributed by atoms with E-state index in [0.717, 1.165) is 0 Å². The van der Waals surface area contributed by atoms with Gasteiger partial charge in [-0.1, -0.05) is 6.07 Å². The van der Waals surface area contributed by atoms with Crippen molar-refractivity contribution in [2.24, 2.45) is 5.41 Å². The first-order valence-corrected chi connectivity index (χ1v) is 5.16. The molecule has 1 N–H and O–H groups in total. The van der Waals surface area contributed by atoms with Gasteiger partial charge in [0, 0.05) is 18.0 Å². The Morgan fingerprint density at radius 1 is 1.56 bits per heavy atom. The highest BCUT2D eigenvalue weighted by molar-refractivity contribution is 5.75. The summed E-state index contributed by atoms with van der Waals surface area (Å²) in [5, 5.41) is 9.72. The van der Waals surface area contributed by atoms with Crippen LogP contribution in [0.5, 0.6) is 0 Å². The minimum absolute atomic E-state index is 0.0399. The van der Waals surface area contributed by atoms with Crippen LogP contribution in [0.25, 0.3) is 0 Å². The molecule has 0 aliphatic rings. The van der Waals surface area contributed by atoms with Crippen LogP contribution in [-0.2, 0) is 9.53 Å². The molecule has 0 saturated carbocycles. The van der Waals surface area contributed by atoms with Crippen molar-refractivity contribution in [1.29, 1.82) is 0 Å². The van der Waals surface area contributed by atoms with Crippen LogP contribution in [0, 0.1) is 5.41 Å². The van der Waals surface area contributed by atoms with Crippen LogP contribution >= 0.6 is 0 Å². The summed E-state index contributed by atoms with van der Waals surface area (Å²) >= 11 is 0. The van der Waals surface area contributed by atoms with Gasteiger partial charge in [0.25, 0.3) is 0 Å². The van der Waals surface area contributed by atoms with Gasteiger partial charge in [-0.3, -0.25) is 9.78 Å². The highest BCUT2D eigenvalue weighted by atomic mass is 16.5. The van der Waals surface area contributed by atoms with E-state index in [9.17, 15) is 9.90 Å². The van der Waals surface area contributed by atoms with Crippen LogP contribution in [0.4, 0.5) is 0 Å². The standard InChI is InChI=1S/C12H17NO3/c1-12(2,3)11(15)16-8-10(14)9-5-4-6-13-7-9/h4-7,10,14H,8H2,1-3H3/t10-/m0/s1. The molecule has 1 atom stereocenters. The molecule has 0 aliphatic carbocycles. The number of ether oxygens (including phenoxy) is 1. The Balaban J connectivity index is 2.48. The van der Waals surface area contributed by atoms with Gasteiger partial charge in [0.05, 0.1) is 5.41 Å². The number of hydrogen-bond donors (Lipinski definition) is 1. The Labute approximate surface area is 95.3 Å². The van der Waals surface area contributed by atoms with Crippen LogP contribution in [0.3, 0.4) is 0 Å². The molecule has 1 aromatic rings. The van der Waals surface area contributed by atoms with Gasteiger partial charge in [0.2, 0.25) is 0 Å². The maximum absolute atomic E-state index is 11.5. The second-order valence-electron chi connectivity index (χ2n) is 4.65. The highest BCUT2D eigenvalue weighted by Crippen LogP contribution is 2.17. The Bertz CT molecular complexity index is 343. The van der Waals surface area contributed by atoms with Crippen molar-refractivity contribution in [2.45, 2.75) is 26.9 Å². The number of aliphatic hydroxyl groups excluding tert-OH is 1. The number of aliphatic hydroxyl groups is 1. The molecule has 0 aromatic carbocycles. The maximum atomic E-state index is 11.5. The molecule has 0 fully saturated rings. The molecule has 0 spiro atoms. The third-order valence-electron chi connectivity index (χ3n) is 2.05. The van der Waals surface area contributed by atoms with Crippen LogP contribution in [0.15, 0.2) is 24.5 Å². The largest absolute Gasteiger partial charge is 0.462 e. The molecule has 16 heavy (non-hydrogen) atoms. The van der Waals surface area contributed by atoms with E-state index in [1.807, 2.05) is 0 Å². The number of pyridine rings is 1. The predicted molar refractivity (Wildman–Crippen MR) is 59.6 cm³/mol. The van der Waals surface area contributed by atoms with Gasteiger partial charge >= 0.3 is 5.97 Å². The fraction of sp³-hybridized carbons (Fsp3) is 0.500. The van der Waals surface area contributed by atoms with Gasteiger partial charge < -0.3 is 9.84 Å². The third-order valence-corrected chi connectivity index (χ3v) is 2.05. The Hall–Kier alpha value is -1.42. The minimum Gasteiger partial charge on any atom is -0.462 e. The summed E-state index contributed by atoms with van der Waals surface area (Å²) in [7, 11) is 0. The average molecular weight is 223 g/mol. The van der Waals surface area contributed by atoms with E-state index >= 15 is 0 Å². The number of hydrogen-bond acceptors (Lipinski definition) is 4. The topological polar surface area (TPSA) is 59.4 Å². The molecule has 0 saturated heterocycles. The van der Waals surface area contributed by atoms with Gasteiger partial charge in [-0.2, -0.15) is 0 Å². The van der Waals surface area contributed by atoms with Gasteiger partial charge in [0.1, 0.15) is 12.7 Å². The van der Waals surface area contributed by atoms with Crippen molar-refractivity contribution in [2.75, 3.05) is 6.61 Å². The summed E-state index contributed by atoms with van der Waals surface area (Å²) in [6.07, 6.45) is 2.35. The van der Waals surface area contributed by atoms with Crippen LogP contribution < -0.4 is 0 Å². The van der Waals surface area contributed by atoms with Gasteiger partial charge in [-0.05, 0) is 26.8 Å². The number of esters is 1. The van der Waals surface area contributed by atoms with E-state index in [1.54, 1.807) is 45.3 Å². The summed E-state index contributed by atoms with van der Waals surface area (Å²) in [6.45, 7) is 5.27. The zero-order valence-corrected chi connectivity index (χ0v) is 9.80. The minimum atomic E-state index is -0.819. The van der Waals surface area contributed by atoms with E-state index in [2.05, 4.69) is 4.98 Å². The number of carbonyl (C=O) groups is 1. The molecule has 88 valence electrons. The summed E-state index contributed by atoms with van der Waals surface area (Å²) < 4.78 is 5.01. The number of nitrogens with zero attached hydrogens (tertiary/aromatic N) is 1. The number of carbonyl (C=O) groups excluding carboxylic acids is 1. The lowest BCUT2D eigenvalue weighted by molar-refractivity contribution is -0.156. The van der Waals surface area contributed by atoms with E-state index < -0.39 is 11.5 Å². The summed E-state index contributed by atoms with van der Waals surface area (Å²) in [4.78, 5) is 15.3. The van der Waals surface area contributed by atoms with Crippen LogP contribution in [-0.4, -0.2) is 22.7 Å². The number of rotatable bonds is 3. The molecule has 0 aliphatic heterocycles. The number of aromatic nitrogens is 1. The first-order chi connectivity index (χ1) is 7.41. The Morgan fingerprint density at radius 3 is 2.75 bits per heavy atom. The normalized spacial score (nSPS) is 13.2. The summed E-state index contributed by atoms with van der Waals surface area (Å²) in [5.74, 6) is -0.324. The quantitative estimate of drug-likeness (QED) is 0.792. The highest BCUT2D eigenvalue weighted by Gasteiger charge is 2.24. The van der Waals surface area contributed by atoms with E-state index in [0.29, 0.717) is 5.56 Å². The molecule has 1 rings (SSSR count). The first kappa shape index (κ1) is 12.6. The van der Waals surface area contributed by atoms with E-state index in [4.69, 9.17) is 4.74 Å². The summed E-state index contributed by atoms with van der Waals surface area (Å²) in [5.41, 5.74) is 0.0958. The Kier molecular flexibility index (Phi) is 4.01. The van der Waals surface area contributed by atoms with Crippen molar-refractivity contribution in [1.82, 2.24) is 4.98 Å². The maximum Gasteiger partial charge on any atom is 0.311 e. The van der Waals surface area contributed by atoms with Crippen molar-refractivity contribution >= 4 is 5.97 Å².